The molecule has 1 unspecified atom stereocenters. The lowest BCUT2D eigenvalue weighted by Crippen LogP contribution is -2.52. The fourth-order valence-corrected chi connectivity index (χ4v) is 3.11. The van der Waals surface area contributed by atoms with E-state index in [-0.39, 0.29) is 18.1 Å². The lowest BCUT2D eigenvalue weighted by molar-refractivity contribution is -0.116. The van der Waals surface area contributed by atoms with Crippen LogP contribution in [-0.4, -0.2) is 62.0 Å². The first-order valence-corrected chi connectivity index (χ1v) is 8.88. The second-order valence-electron chi connectivity index (χ2n) is 6.64. The van der Waals surface area contributed by atoms with Gasteiger partial charge in [0.15, 0.2) is 17.3 Å². The van der Waals surface area contributed by atoms with Crippen molar-refractivity contribution in [2.24, 2.45) is 0 Å². The molecule has 0 saturated carbocycles. The zero-order valence-electron chi connectivity index (χ0n) is 15.9. The molecule has 3 heterocycles. The van der Waals surface area contributed by atoms with Crippen molar-refractivity contribution < 1.29 is 14.7 Å². The number of nitrogens with one attached hydrogen (secondary N) is 1. The van der Waals surface area contributed by atoms with E-state index in [1.54, 1.807) is 19.2 Å². The van der Waals surface area contributed by atoms with Gasteiger partial charge in [0.25, 0.3) is 5.91 Å². The van der Waals surface area contributed by atoms with Crippen LogP contribution in [0.3, 0.4) is 0 Å². The molecular formula is C19H19N7O3. The molecule has 2 N–H and O–H groups in total. The fraction of sp³-hybridized carbons (Fsp3) is 0.211. The van der Waals surface area contributed by atoms with Gasteiger partial charge in [-0.05, 0) is 12.1 Å². The topological polar surface area (TPSA) is 116 Å². The molecule has 1 aliphatic heterocycles. The first kappa shape index (κ1) is 18.6. The van der Waals surface area contributed by atoms with E-state index in [1.807, 2.05) is 30.3 Å². The summed E-state index contributed by atoms with van der Waals surface area (Å²) in [6.45, 7) is -0.131. The number of hydrogen-bond donors (Lipinski definition) is 2. The van der Waals surface area contributed by atoms with Crippen molar-refractivity contribution in [2.75, 3.05) is 24.3 Å². The summed E-state index contributed by atoms with van der Waals surface area (Å²) in [7, 11) is 3.10. The van der Waals surface area contributed by atoms with Crippen LogP contribution in [0, 0.1) is 0 Å². The summed E-state index contributed by atoms with van der Waals surface area (Å²) in [5, 5.41) is 20.9. The van der Waals surface area contributed by atoms with E-state index in [4.69, 9.17) is 0 Å². The largest absolute Gasteiger partial charge is 0.356 e. The normalized spacial score (nSPS) is 16.0. The summed E-state index contributed by atoms with van der Waals surface area (Å²) >= 11 is 0. The second kappa shape index (κ2) is 7.32. The van der Waals surface area contributed by atoms with E-state index in [0.717, 1.165) is 5.56 Å². The molecule has 2 aromatic heterocycles. The number of rotatable bonds is 4. The minimum Gasteiger partial charge on any atom is -0.356 e. The summed E-state index contributed by atoms with van der Waals surface area (Å²) in [5.41, 5.74) is 1.86. The first-order chi connectivity index (χ1) is 14.0. The summed E-state index contributed by atoms with van der Waals surface area (Å²) < 4.78 is 1.44. The van der Waals surface area contributed by atoms with Crippen molar-refractivity contribution in [3.63, 3.8) is 0 Å². The zero-order valence-corrected chi connectivity index (χ0v) is 15.9. The van der Waals surface area contributed by atoms with E-state index >= 15 is 0 Å². The molecule has 4 rings (SSSR count). The number of carbonyl (C=O) groups is 2. The fourth-order valence-electron chi connectivity index (χ4n) is 3.11. The molecule has 0 aliphatic carbocycles. The molecule has 29 heavy (non-hydrogen) atoms. The van der Waals surface area contributed by atoms with Crippen molar-refractivity contribution >= 4 is 23.5 Å². The highest BCUT2D eigenvalue weighted by Crippen LogP contribution is 2.26. The number of nitrogens with zero attached hydrogens (tertiary/aromatic N) is 6. The Kier molecular flexibility index (Phi) is 4.69. The Morgan fingerprint density at radius 2 is 1.86 bits per heavy atom. The minimum absolute atomic E-state index is 0.131. The molecule has 0 bridgehead atoms. The van der Waals surface area contributed by atoms with Crippen molar-refractivity contribution in [2.45, 2.75) is 12.9 Å². The monoisotopic (exact) mass is 393 g/mol. The van der Waals surface area contributed by atoms with Gasteiger partial charge in [-0.2, -0.15) is 0 Å². The summed E-state index contributed by atoms with van der Waals surface area (Å²) in [4.78, 5) is 31.7. The summed E-state index contributed by atoms with van der Waals surface area (Å²) in [6.07, 6.45) is 0.292. The lowest BCUT2D eigenvalue weighted by Gasteiger charge is -2.36. The molecule has 10 nitrogen and oxygen atoms in total. The highest BCUT2D eigenvalue weighted by Gasteiger charge is 2.36. The third kappa shape index (κ3) is 3.41. The molecule has 10 heteroatoms. The number of aliphatic hydroxyl groups is 1. The van der Waals surface area contributed by atoms with E-state index < -0.39 is 12.3 Å². The number of anilines is 2. The van der Waals surface area contributed by atoms with Gasteiger partial charge in [-0.15, -0.1) is 10.2 Å². The number of aromatic nitrogens is 4. The van der Waals surface area contributed by atoms with Gasteiger partial charge in [-0.3, -0.25) is 14.5 Å². The smallest absolute Gasteiger partial charge is 0.277 e. The van der Waals surface area contributed by atoms with Crippen LogP contribution in [0.2, 0.25) is 0 Å². The number of imidazole rings is 1. The Morgan fingerprint density at radius 3 is 2.55 bits per heavy atom. The van der Waals surface area contributed by atoms with Gasteiger partial charge in [0.2, 0.25) is 12.3 Å². The number of hydrogen-bond acceptors (Lipinski definition) is 7. The molecule has 2 amide bonds. The molecule has 3 aromatic rings. The van der Waals surface area contributed by atoms with Gasteiger partial charge in [-0.1, -0.05) is 30.3 Å². The highest BCUT2D eigenvalue weighted by atomic mass is 16.3. The van der Waals surface area contributed by atoms with Crippen LogP contribution in [0.4, 0.5) is 11.6 Å². The molecule has 1 atom stereocenters. The van der Waals surface area contributed by atoms with Crippen molar-refractivity contribution in [3.8, 4) is 11.3 Å². The van der Waals surface area contributed by atoms with E-state index in [0.29, 0.717) is 17.3 Å². The third-order valence-electron chi connectivity index (χ3n) is 4.68. The molecule has 1 aliphatic rings. The summed E-state index contributed by atoms with van der Waals surface area (Å²) in [6, 6.07) is 13.0. The predicted octanol–water partition coefficient (Wildman–Crippen LogP) is 0.776. The van der Waals surface area contributed by atoms with Crippen LogP contribution in [0.5, 0.6) is 0 Å². The minimum atomic E-state index is -1.11. The lowest BCUT2D eigenvalue weighted by atomic mass is 10.1. The van der Waals surface area contributed by atoms with Crippen LogP contribution >= 0.6 is 0 Å². The molecule has 1 aromatic carbocycles. The number of amides is 2. The van der Waals surface area contributed by atoms with Crippen LogP contribution in [0.25, 0.3) is 11.3 Å². The average Bonchev–Trinajstić information content (AvgIpc) is 3.15. The van der Waals surface area contributed by atoms with E-state index in [2.05, 4.69) is 20.5 Å². The quantitative estimate of drug-likeness (QED) is 0.673. The molecule has 0 saturated heterocycles. The number of benzene rings is 1. The van der Waals surface area contributed by atoms with Crippen LogP contribution in [-0.2, 0) is 11.3 Å². The van der Waals surface area contributed by atoms with Crippen LogP contribution in [0.1, 0.15) is 10.5 Å². The second-order valence-corrected chi connectivity index (χ2v) is 6.64. The van der Waals surface area contributed by atoms with Crippen molar-refractivity contribution in [3.05, 3.63) is 54.5 Å². The molecular weight excluding hydrogens is 374 g/mol. The Hall–Kier alpha value is -3.79. The maximum atomic E-state index is 12.5. The zero-order chi connectivity index (χ0) is 20.5. The van der Waals surface area contributed by atoms with Gasteiger partial charge >= 0.3 is 0 Å². The average molecular weight is 393 g/mol. The van der Waals surface area contributed by atoms with Crippen molar-refractivity contribution in [1.29, 1.82) is 0 Å². The number of carbonyl (C=O) groups excluding carboxylic acids is 2. The van der Waals surface area contributed by atoms with Gasteiger partial charge in [0.05, 0.1) is 12.0 Å². The first-order valence-electron chi connectivity index (χ1n) is 8.88. The SMILES string of the molecule is CN1C(=O)c2c(ncn2CC(=O)Nc2ccc(-c3ccccc3)nn2)N(C)C1O. The Labute approximate surface area is 166 Å². The van der Waals surface area contributed by atoms with Crippen molar-refractivity contribution in [1.82, 2.24) is 24.6 Å². The molecule has 0 radical (unpaired) electrons. The van der Waals surface area contributed by atoms with Gasteiger partial charge in [0.1, 0.15) is 6.54 Å². The van der Waals surface area contributed by atoms with Gasteiger partial charge in [0, 0.05) is 19.7 Å². The molecule has 0 fully saturated rings. The number of fused-ring (bicyclic) bond motifs is 1. The van der Waals surface area contributed by atoms with Gasteiger partial charge < -0.3 is 19.9 Å². The Bertz CT molecular complexity index is 1050. The summed E-state index contributed by atoms with van der Waals surface area (Å²) in [5.74, 6) is -0.167. The van der Waals surface area contributed by atoms with Gasteiger partial charge in [-0.25, -0.2) is 4.98 Å². The maximum absolute atomic E-state index is 12.5. The standard InChI is InChI=1S/C19H19N7O3/c1-24-17-16(18(28)25(2)19(24)29)26(11-20-17)10-15(27)21-14-9-8-13(22-23-14)12-6-4-3-5-7-12/h3-9,11,19,29H,10H2,1-2H3,(H,21,23,27). The predicted molar refractivity (Wildman–Crippen MR) is 105 cm³/mol. The Morgan fingerprint density at radius 1 is 1.10 bits per heavy atom. The molecule has 0 spiro atoms. The Balaban J connectivity index is 1.47. The van der Waals surface area contributed by atoms with E-state index in [1.165, 1.54) is 27.7 Å². The molecule has 148 valence electrons. The van der Waals surface area contributed by atoms with Crippen LogP contribution in [0.15, 0.2) is 48.8 Å². The maximum Gasteiger partial charge on any atom is 0.277 e. The number of aliphatic hydroxyl groups excluding tert-OH is 1. The highest BCUT2D eigenvalue weighted by molar-refractivity contribution is 6.00. The van der Waals surface area contributed by atoms with E-state index in [9.17, 15) is 14.7 Å². The third-order valence-corrected chi connectivity index (χ3v) is 4.68. The van der Waals surface area contributed by atoms with Crippen LogP contribution < -0.4 is 10.2 Å².